The minimum atomic E-state index is 0.957. The molecule has 0 spiro atoms. The first-order valence-corrected chi connectivity index (χ1v) is 5.21. The van der Waals surface area contributed by atoms with Crippen LogP contribution in [0.2, 0.25) is 0 Å². The molecule has 0 aromatic rings. The lowest BCUT2D eigenvalue weighted by Gasteiger charge is -1.95. The van der Waals surface area contributed by atoms with Crippen LogP contribution < -0.4 is 0 Å². The van der Waals surface area contributed by atoms with E-state index in [0.29, 0.717) is 0 Å². The Morgan fingerprint density at radius 1 is 1.20 bits per heavy atom. The van der Waals surface area contributed by atoms with Gasteiger partial charge in [0.1, 0.15) is 0 Å². The van der Waals surface area contributed by atoms with E-state index in [0.717, 1.165) is 5.25 Å². The van der Waals surface area contributed by atoms with Crippen LogP contribution in [0.1, 0.15) is 38.5 Å². The topological polar surface area (TPSA) is 0 Å². The minimum absolute atomic E-state index is 0.957. The summed E-state index contributed by atoms with van der Waals surface area (Å²) in [6.45, 7) is 0. The van der Waals surface area contributed by atoms with Crippen LogP contribution in [0.4, 0.5) is 0 Å². The summed E-state index contributed by atoms with van der Waals surface area (Å²) in [5, 5.41) is 0.957. The zero-order valence-corrected chi connectivity index (χ0v) is 7.12. The van der Waals surface area contributed by atoms with Gasteiger partial charge in [-0.15, -0.1) is 11.8 Å². The average Bonchev–Trinajstić information content (AvgIpc) is 2.66. The molecule has 0 saturated carbocycles. The smallest absolute Gasteiger partial charge is 0.0398 e. The maximum absolute atomic E-state index is 2.46. The third kappa shape index (κ3) is 1.57. The van der Waals surface area contributed by atoms with Gasteiger partial charge in [-0.25, -0.2) is 0 Å². The second-order valence-electron chi connectivity index (χ2n) is 3.20. The van der Waals surface area contributed by atoms with Gasteiger partial charge in [0.05, 0.1) is 0 Å². The van der Waals surface area contributed by atoms with Gasteiger partial charge in [-0.1, -0.05) is 25.3 Å². The third-order valence-electron chi connectivity index (χ3n) is 2.30. The van der Waals surface area contributed by atoms with Gasteiger partial charge in [0, 0.05) is 5.25 Å². The van der Waals surface area contributed by atoms with Crippen molar-refractivity contribution in [3.63, 3.8) is 0 Å². The number of hydrogen-bond acceptors (Lipinski definition) is 1. The fourth-order valence-electron chi connectivity index (χ4n) is 1.58. The summed E-state index contributed by atoms with van der Waals surface area (Å²) in [5.74, 6) is 0. The Kier molecular flexibility index (Phi) is 2.03. The van der Waals surface area contributed by atoms with E-state index in [1.165, 1.54) is 38.5 Å². The van der Waals surface area contributed by atoms with E-state index < -0.39 is 0 Å². The van der Waals surface area contributed by atoms with Gasteiger partial charge >= 0.3 is 0 Å². The van der Waals surface area contributed by atoms with E-state index in [-0.39, 0.29) is 0 Å². The van der Waals surface area contributed by atoms with Gasteiger partial charge in [0.15, 0.2) is 0 Å². The number of fused-ring (bicyclic) bond motifs is 1. The number of allylic oxidation sites excluding steroid dienone is 1. The van der Waals surface area contributed by atoms with Crippen LogP contribution in [0.5, 0.6) is 0 Å². The maximum atomic E-state index is 2.46. The van der Waals surface area contributed by atoms with Gasteiger partial charge in [-0.05, 0) is 24.2 Å². The Morgan fingerprint density at radius 2 is 2.10 bits per heavy atom. The predicted molar refractivity (Wildman–Crippen MR) is 47.2 cm³/mol. The molecule has 56 valence electrons. The molecule has 0 N–H and O–H groups in total. The first-order chi connectivity index (χ1) is 4.97. The van der Waals surface area contributed by atoms with Crippen molar-refractivity contribution >= 4 is 11.8 Å². The highest BCUT2D eigenvalue weighted by molar-refractivity contribution is 8.11. The fraction of sp³-hybridized carbons (Fsp3) is 0.778. The SMILES string of the molecule is C1=C2SC2CCCCCC1. The van der Waals surface area contributed by atoms with Gasteiger partial charge in [0.25, 0.3) is 0 Å². The van der Waals surface area contributed by atoms with Crippen molar-refractivity contribution in [1.29, 1.82) is 0 Å². The predicted octanol–water partition coefficient (Wildman–Crippen LogP) is 3.34. The molecule has 1 aliphatic heterocycles. The van der Waals surface area contributed by atoms with Crippen LogP contribution in [-0.4, -0.2) is 5.25 Å². The third-order valence-corrected chi connectivity index (χ3v) is 3.55. The van der Waals surface area contributed by atoms with Crippen LogP contribution in [0, 0.1) is 0 Å². The molecule has 1 aliphatic carbocycles. The van der Waals surface area contributed by atoms with Crippen molar-refractivity contribution in [3.05, 3.63) is 11.0 Å². The van der Waals surface area contributed by atoms with Crippen molar-refractivity contribution in [3.8, 4) is 0 Å². The normalized spacial score (nSPS) is 32.8. The van der Waals surface area contributed by atoms with E-state index in [1.54, 1.807) is 4.91 Å². The Hall–Kier alpha value is 0.0900. The summed E-state index contributed by atoms with van der Waals surface area (Å²) >= 11 is 2.10. The van der Waals surface area contributed by atoms with Gasteiger partial charge < -0.3 is 0 Å². The molecule has 0 radical (unpaired) electrons. The lowest BCUT2D eigenvalue weighted by Crippen LogP contribution is -1.81. The summed E-state index contributed by atoms with van der Waals surface area (Å²) < 4.78 is 0. The van der Waals surface area contributed by atoms with Gasteiger partial charge in [-0.3, -0.25) is 0 Å². The second kappa shape index (κ2) is 3.00. The summed E-state index contributed by atoms with van der Waals surface area (Å²) in [6, 6.07) is 0. The molecule has 0 aromatic carbocycles. The molecule has 0 amide bonds. The van der Waals surface area contributed by atoms with Crippen LogP contribution in [0.25, 0.3) is 0 Å². The zero-order valence-electron chi connectivity index (χ0n) is 6.31. The molecule has 1 atom stereocenters. The molecule has 0 bridgehead atoms. The highest BCUT2D eigenvalue weighted by Gasteiger charge is 2.29. The van der Waals surface area contributed by atoms with Crippen molar-refractivity contribution in [2.75, 3.05) is 0 Å². The molecule has 1 saturated heterocycles. The Morgan fingerprint density at radius 3 is 3.10 bits per heavy atom. The molecular weight excluding hydrogens is 140 g/mol. The monoisotopic (exact) mass is 154 g/mol. The highest BCUT2D eigenvalue weighted by atomic mass is 32.2. The molecule has 10 heavy (non-hydrogen) atoms. The summed E-state index contributed by atoms with van der Waals surface area (Å²) in [6.07, 6.45) is 11.1. The second-order valence-corrected chi connectivity index (χ2v) is 4.48. The largest absolute Gasteiger partial charge is 0.121 e. The molecule has 2 aliphatic rings. The fourth-order valence-corrected chi connectivity index (χ4v) is 2.56. The Labute approximate surface area is 67.1 Å². The lowest BCUT2D eigenvalue weighted by atomic mass is 10.1. The standard InChI is InChI=1S/C9H14S/c1-2-4-6-8-9(10-8)7-5-3-1/h6,9H,1-5,7H2. The Balaban J connectivity index is 1.90. The average molecular weight is 154 g/mol. The van der Waals surface area contributed by atoms with Crippen molar-refractivity contribution in [2.45, 2.75) is 43.8 Å². The molecule has 1 heterocycles. The zero-order chi connectivity index (χ0) is 6.81. The molecule has 1 unspecified atom stereocenters. The van der Waals surface area contributed by atoms with Gasteiger partial charge in [-0.2, -0.15) is 0 Å². The van der Waals surface area contributed by atoms with Crippen LogP contribution in [-0.2, 0) is 0 Å². The van der Waals surface area contributed by atoms with E-state index in [4.69, 9.17) is 0 Å². The molecular formula is C9H14S. The molecule has 1 fully saturated rings. The first-order valence-electron chi connectivity index (χ1n) is 4.33. The van der Waals surface area contributed by atoms with Crippen molar-refractivity contribution in [2.24, 2.45) is 0 Å². The summed E-state index contributed by atoms with van der Waals surface area (Å²) in [5.41, 5.74) is 0. The molecule has 0 aromatic heterocycles. The summed E-state index contributed by atoms with van der Waals surface area (Å²) in [7, 11) is 0. The maximum Gasteiger partial charge on any atom is 0.0398 e. The number of rotatable bonds is 0. The van der Waals surface area contributed by atoms with E-state index in [9.17, 15) is 0 Å². The lowest BCUT2D eigenvalue weighted by molar-refractivity contribution is 0.638. The first kappa shape index (κ1) is 6.78. The number of hydrogen-bond donors (Lipinski definition) is 0. The van der Waals surface area contributed by atoms with Crippen LogP contribution in [0.15, 0.2) is 11.0 Å². The summed E-state index contributed by atoms with van der Waals surface area (Å²) in [4.78, 5) is 1.70. The van der Waals surface area contributed by atoms with Crippen LogP contribution in [0.3, 0.4) is 0 Å². The van der Waals surface area contributed by atoms with E-state index >= 15 is 0 Å². The molecule has 2 rings (SSSR count). The Bertz CT molecular complexity index is 149. The van der Waals surface area contributed by atoms with Crippen molar-refractivity contribution in [1.82, 2.24) is 0 Å². The quantitative estimate of drug-likeness (QED) is 0.482. The van der Waals surface area contributed by atoms with E-state index in [2.05, 4.69) is 17.8 Å². The molecule has 0 nitrogen and oxygen atoms in total. The minimum Gasteiger partial charge on any atom is -0.121 e. The van der Waals surface area contributed by atoms with Crippen molar-refractivity contribution < 1.29 is 0 Å². The number of thioether (sulfide) groups is 1. The van der Waals surface area contributed by atoms with E-state index in [1.807, 2.05) is 0 Å². The van der Waals surface area contributed by atoms with Gasteiger partial charge in [0.2, 0.25) is 0 Å². The van der Waals surface area contributed by atoms with Crippen LogP contribution >= 0.6 is 11.8 Å². The molecule has 1 heteroatoms. The highest BCUT2D eigenvalue weighted by Crippen LogP contribution is 2.49.